The standard InChI is InChI=1S/C36H35ClN2O5/c1-39(36(43)44-23-33-31-13-7-5-11-29(31)30-12-6-8-14-32(30)33)28(20-25-15-17-27(37)18-16-25)22-38-35(42)26(21-34(40)41)19-24-9-3-2-4-10-24/h2-18,26,28,33H,19-23H2,1H3,(H,38,42)(H,40,41). The highest BCUT2D eigenvalue weighted by Gasteiger charge is 2.31. The summed E-state index contributed by atoms with van der Waals surface area (Å²) in [4.78, 5) is 39.8. The van der Waals surface area contributed by atoms with Gasteiger partial charge in [-0.15, -0.1) is 0 Å². The van der Waals surface area contributed by atoms with Crippen molar-refractivity contribution in [3.63, 3.8) is 0 Å². The summed E-state index contributed by atoms with van der Waals surface area (Å²) in [6, 6.07) is 32.5. The first-order valence-corrected chi connectivity index (χ1v) is 15.0. The molecule has 1 aliphatic carbocycles. The molecule has 44 heavy (non-hydrogen) atoms. The van der Waals surface area contributed by atoms with Gasteiger partial charge in [0.2, 0.25) is 5.91 Å². The van der Waals surface area contributed by atoms with Gasteiger partial charge in [0.25, 0.3) is 0 Å². The maximum absolute atomic E-state index is 13.5. The topological polar surface area (TPSA) is 95.9 Å². The van der Waals surface area contributed by atoms with E-state index >= 15 is 0 Å². The number of nitrogens with zero attached hydrogens (tertiary/aromatic N) is 1. The van der Waals surface area contributed by atoms with Crippen molar-refractivity contribution in [2.24, 2.45) is 5.92 Å². The molecule has 0 fully saturated rings. The van der Waals surface area contributed by atoms with Crippen molar-refractivity contribution in [2.45, 2.75) is 31.2 Å². The number of amides is 2. The van der Waals surface area contributed by atoms with Crippen LogP contribution in [0.4, 0.5) is 4.79 Å². The van der Waals surface area contributed by atoms with E-state index in [4.69, 9.17) is 16.3 Å². The summed E-state index contributed by atoms with van der Waals surface area (Å²) in [5, 5.41) is 13.0. The van der Waals surface area contributed by atoms with Crippen LogP contribution in [-0.2, 0) is 27.2 Å². The predicted octanol–water partition coefficient (Wildman–Crippen LogP) is 6.58. The third-order valence-electron chi connectivity index (χ3n) is 8.19. The van der Waals surface area contributed by atoms with Crippen molar-refractivity contribution in [3.05, 3.63) is 130 Å². The van der Waals surface area contributed by atoms with E-state index < -0.39 is 24.0 Å². The van der Waals surface area contributed by atoms with E-state index in [2.05, 4.69) is 29.6 Å². The molecule has 226 valence electrons. The Labute approximate surface area is 262 Å². The molecule has 5 rings (SSSR count). The number of carbonyl (C=O) groups excluding carboxylic acids is 2. The molecule has 2 N–H and O–H groups in total. The molecule has 0 radical (unpaired) electrons. The third-order valence-corrected chi connectivity index (χ3v) is 8.44. The largest absolute Gasteiger partial charge is 0.481 e. The van der Waals surface area contributed by atoms with Gasteiger partial charge in [0.05, 0.1) is 18.4 Å². The second kappa shape index (κ2) is 14.2. The lowest BCUT2D eigenvalue weighted by molar-refractivity contribution is -0.141. The predicted molar refractivity (Wildman–Crippen MR) is 171 cm³/mol. The molecule has 7 nitrogen and oxygen atoms in total. The summed E-state index contributed by atoms with van der Waals surface area (Å²) in [5.41, 5.74) is 6.34. The third kappa shape index (κ3) is 7.47. The van der Waals surface area contributed by atoms with Crippen molar-refractivity contribution >= 4 is 29.6 Å². The van der Waals surface area contributed by atoms with Crippen molar-refractivity contribution in [1.82, 2.24) is 10.2 Å². The van der Waals surface area contributed by atoms with Gasteiger partial charge in [-0.2, -0.15) is 0 Å². The number of rotatable bonds is 12. The maximum atomic E-state index is 13.5. The average Bonchev–Trinajstić information content (AvgIpc) is 3.35. The van der Waals surface area contributed by atoms with Crippen LogP contribution in [0, 0.1) is 5.92 Å². The molecular formula is C36H35ClN2O5. The van der Waals surface area contributed by atoms with E-state index in [1.807, 2.05) is 66.7 Å². The Kier molecular flexibility index (Phi) is 9.97. The summed E-state index contributed by atoms with van der Waals surface area (Å²) in [5.74, 6) is -2.26. The molecule has 0 aliphatic heterocycles. The van der Waals surface area contributed by atoms with E-state index in [0.717, 1.165) is 33.4 Å². The average molecular weight is 611 g/mol. The number of carboxylic acid groups (broad SMARTS) is 1. The number of ether oxygens (including phenoxy) is 1. The molecule has 2 unspecified atom stereocenters. The summed E-state index contributed by atoms with van der Waals surface area (Å²) in [7, 11) is 1.66. The van der Waals surface area contributed by atoms with Gasteiger partial charge in [0.15, 0.2) is 0 Å². The van der Waals surface area contributed by atoms with Crippen LogP contribution in [0.1, 0.15) is 34.6 Å². The van der Waals surface area contributed by atoms with Crippen LogP contribution < -0.4 is 5.32 Å². The fraction of sp³-hybridized carbons (Fsp3) is 0.250. The van der Waals surface area contributed by atoms with Crippen molar-refractivity contribution in [2.75, 3.05) is 20.2 Å². The van der Waals surface area contributed by atoms with Crippen LogP contribution in [0.25, 0.3) is 11.1 Å². The molecule has 4 aromatic carbocycles. The molecule has 4 aromatic rings. The molecule has 1 aliphatic rings. The number of benzene rings is 4. The van der Waals surface area contributed by atoms with Gasteiger partial charge in [0.1, 0.15) is 6.61 Å². The van der Waals surface area contributed by atoms with E-state index in [9.17, 15) is 19.5 Å². The Morgan fingerprint density at radius 2 is 1.39 bits per heavy atom. The zero-order valence-corrected chi connectivity index (χ0v) is 25.2. The molecule has 8 heteroatoms. The smallest absolute Gasteiger partial charge is 0.409 e. The highest BCUT2D eigenvalue weighted by Crippen LogP contribution is 2.44. The van der Waals surface area contributed by atoms with Crippen LogP contribution in [0.5, 0.6) is 0 Å². The van der Waals surface area contributed by atoms with E-state index in [-0.39, 0.29) is 31.4 Å². The Bertz CT molecular complexity index is 1560. The maximum Gasteiger partial charge on any atom is 0.409 e. The van der Waals surface area contributed by atoms with E-state index in [1.165, 1.54) is 4.90 Å². The molecular weight excluding hydrogens is 576 g/mol. The van der Waals surface area contributed by atoms with Gasteiger partial charge in [-0.1, -0.05) is 103 Å². The summed E-state index contributed by atoms with van der Waals surface area (Å²) in [6.07, 6.45) is -0.0831. The van der Waals surface area contributed by atoms with Crippen LogP contribution in [0.15, 0.2) is 103 Å². The summed E-state index contributed by atoms with van der Waals surface area (Å²) >= 11 is 6.09. The second-order valence-corrected chi connectivity index (χ2v) is 11.6. The monoisotopic (exact) mass is 610 g/mol. The number of nitrogens with one attached hydrogen (secondary N) is 1. The minimum atomic E-state index is -1.05. The van der Waals surface area contributed by atoms with E-state index in [1.54, 1.807) is 19.2 Å². The number of likely N-dealkylation sites (N-methyl/N-ethyl adjacent to an activating group) is 1. The molecule has 0 saturated heterocycles. The molecule has 0 aromatic heterocycles. The van der Waals surface area contributed by atoms with Crippen LogP contribution >= 0.6 is 11.6 Å². The Morgan fingerprint density at radius 3 is 2.00 bits per heavy atom. The van der Waals surface area contributed by atoms with Crippen LogP contribution in [0.3, 0.4) is 0 Å². The number of carboxylic acids is 1. The van der Waals surface area contributed by atoms with Gasteiger partial charge in [0, 0.05) is 24.5 Å². The molecule has 2 atom stereocenters. The highest BCUT2D eigenvalue weighted by molar-refractivity contribution is 6.30. The number of aliphatic carboxylic acids is 1. The first-order valence-electron chi connectivity index (χ1n) is 14.7. The fourth-order valence-electron chi connectivity index (χ4n) is 5.81. The first-order chi connectivity index (χ1) is 21.3. The zero-order chi connectivity index (χ0) is 31.1. The summed E-state index contributed by atoms with van der Waals surface area (Å²) < 4.78 is 5.90. The fourth-order valence-corrected chi connectivity index (χ4v) is 5.94. The van der Waals surface area contributed by atoms with Gasteiger partial charge < -0.3 is 20.1 Å². The Morgan fingerprint density at radius 1 is 0.818 bits per heavy atom. The zero-order valence-electron chi connectivity index (χ0n) is 24.5. The lowest BCUT2D eigenvalue weighted by atomic mass is 9.95. The minimum absolute atomic E-state index is 0.0797. The van der Waals surface area contributed by atoms with Gasteiger partial charge in [-0.25, -0.2) is 4.79 Å². The van der Waals surface area contributed by atoms with Crippen LogP contribution in [0.2, 0.25) is 5.02 Å². The number of fused-ring (bicyclic) bond motifs is 3. The van der Waals surface area contributed by atoms with Crippen molar-refractivity contribution in [1.29, 1.82) is 0 Å². The SMILES string of the molecule is CN(C(=O)OCC1c2ccccc2-c2ccccc21)C(CNC(=O)C(CC(=O)O)Cc1ccccc1)Cc1ccc(Cl)cc1. The van der Waals surface area contributed by atoms with Crippen molar-refractivity contribution in [3.8, 4) is 11.1 Å². The molecule has 0 bridgehead atoms. The number of hydrogen-bond acceptors (Lipinski definition) is 4. The molecule has 0 saturated carbocycles. The van der Waals surface area contributed by atoms with E-state index in [0.29, 0.717) is 17.9 Å². The number of carbonyl (C=O) groups is 3. The van der Waals surface area contributed by atoms with Gasteiger partial charge >= 0.3 is 12.1 Å². The van der Waals surface area contributed by atoms with Gasteiger partial charge in [-0.3, -0.25) is 9.59 Å². The minimum Gasteiger partial charge on any atom is -0.481 e. The highest BCUT2D eigenvalue weighted by atomic mass is 35.5. The first kappa shape index (κ1) is 30.8. The second-order valence-electron chi connectivity index (χ2n) is 11.1. The molecule has 2 amide bonds. The number of hydrogen-bond donors (Lipinski definition) is 2. The van der Waals surface area contributed by atoms with Crippen LogP contribution in [-0.4, -0.2) is 54.2 Å². The molecule has 0 spiro atoms. The molecule has 0 heterocycles. The lowest BCUT2D eigenvalue weighted by Crippen LogP contribution is -2.47. The Hall–Kier alpha value is -4.62. The lowest BCUT2D eigenvalue weighted by Gasteiger charge is -2.29. The Balaban J connectivity index is 1.29. The van der Waals surface area contributed by atoms with Gasteiger partial charge in [-0.05, 0) is 58.4 Å². The van der Waals surface area contributed by atoms with Crippen molar-refractivity contribution < 1.29 is 24.2 Å². The normalized spacial score (nSPS) is 13.3. The number of halogens is 1. The quantitative estimate of drug-likeness (QED) is 0.189. The summed E-state index contributed by atoms with van der Waals surface area (Å²) in [6.45, 7) is 0.294.